The average Bonchev–Trinajstić information content (AvgIpc) is 3.61. The Bertz CT molecular complexity index is 1640. The Labute approximate surface area is 325 Å². The number of piperidine rings is 2. The van der Waals surface area contributed by atoms with Crippen molar-refractivity contribution in [3.63, 3.8) is 0 Å². The third-order valence-electron chi connectivity index (χ3n) is 11.8. The average molecular weight is 798 g/mol. The van der Waals surface area contributed by atoms with Crippen LogP contribution >= 0.6 is 10.7 Å². The standard InChI is InChI=1S/C20H32N2O3S.C19H30N2O.CH3ClO2S/c1-4-5-6-7-11-22-13-18-19(14-22)20(18,15-25-2)16-9-8-10-17(12-16)21-26(3,23)24;1-3-4-5-6-10-21-12-17-18(13-21)19(17,14-22-2)15-8-7-9-16(20)11-15;1-5(2,3)4/h8-10,12,18-19,21H,4-7,11,13-15H2,1-3H3;7-9,11,17-18H,3-6,10,12-14,20H2,1-2H3;1H3. The number of benzene rings is 2. The predicted molar refractivity (Wildman–Crippen MR) is 219 cm³/mol. The number of nitrogens with two attached hydrogens (primary N) is 1. The van der Waals surface area contributed by atoms with Crippen molar-refractivity contribution in [2.75, 3.05) is 89.7 Å². The maximum absolute atomic E-state index is 11.5. The fraction of sp³-hybridized carbons (Fsp3) is 0.700. The minimum Gasteiger partial charge on any atom is -0.399 e. The summed E-state index contributed by atoms with van der Waals surface area (Å²) in [6.45, 7) is 13.2. The molecule has 2 aliphatic carbocycles. The quantitative estimate of drug-likeness (QED) is 0.0979. The van der Waals surface area contributed by atoms with E-state index in [1.165, 1.54) is 94.9 Å². The number of methoxy groups -OCH3 is 2. The maximum Gasteiger partial charge on any atom is 0.229 e. The first kappa shape index (κ1) is 43.8. The summed E-state index contributed by atoms with van der Waals surface area (Å²) >= 11 is 0. The van der Waals surface area contributed by atoms with Gasteiger partial charge in [0.15, 0.2) is 0 Å². The Morgan fingerprint density at radius 1 is 0.717 bits per heavy atom. The summed E-state index contributed by atoms with van der Waals surface area (Å²) in [4.78, 5) is 5.25. The molecule has 10 nitrogen and oxygen atoms in total. The second-order valence-electron chi connectivity index (χ2n) is 15.8. The summed E-state index contributed by atoms with van der Waals surface area (Å²) in [7, 11) is 1.63. The molecule has 3 N–H and O–H groups in total. The van der Waals surface area contributed by atoms with Crippen molar-refractivity contribution in [1.29, 1.82) is 0 Å². The monoisotopic (exact) mass is 796 g/mol. The summed E-state index contributed by atoms with van der Waals surface area (Å²) in [5.74, 6) is 2.73. The second kappa shape index (κ2) is 19.3. The molecule has 2 saturated carbocycles. The highest BCUT2D eigenvalue weighted by Gasteiger charge is 2.69. The molecule has 4 atom stereocenters. The van der Waals surface area contributed by atoms with Gasteiger partial charge in [0, 0.05) is 73.3 Å². The highest BCUT2D eigenvalue weighted by molar-refractivity contribution is 8.13. The molecule has 53 heavy (non-hydrogen) atoms. The van der Waals surface area contributed by atoms with Gasteiger partial charge in [-0.3, -0.25) is 4.72 Å². The number of anilines is 2. The molecular formula is C40H65ClN4O6S2. The van der Waals surface area contributed by atoms with E-state index in [-0.39, 0.29) is 10.8 Å². The van der Waals surface area contributed by atoms with Crippen LogP contribution in [0.25, 0.3) is 0 Å². The van der Waals surface area contributed by atoms with Crippen LogP contribution in [0.3, 0.4) is 0 Å². The Kier molecular flexibility index (Phi) is 15.9. The van der Waals surface area contributed by atoms with Gasteiger partial charge in [0.05, 0.1) is 25.7 Å². The molecule has 13 heteroatoms. The van der Waals surface area contributed by atoms with Crippen LogP contribution in [0.1, 0.15) is 76.3 Å². The topological polar surface area (TPSA) is 131 Å². The number of nitrogens with one attached hydrogen (secondary N) is 1. The summed E-state index contributed by atoms with van der Waals surface area (Å²) in [6, 6.07) is 16.3. The zero-order chi connectivity index (χ0) is 38.9. The molecule has 0 bridgehead atoms. The van der Waals surface area contributed by atoms with Gasteiger partial charge in [0.1, 0.15) is 0 Å². The molecule has 6 rings (SSSR count). The van der Waals surface area contributed by atoms with E-state index < -0.39 is 19.1 Å². The molecule has 2 saturated heterocycles. The highest BCUT2D eigenvalue weighted by Crippen LogP contribution is 2.64. The Hall–Kier alpha value is -1.93. The fourth-order valence-corrected chi connectivity index (χ4v) is 9.92. The third kappa shape index (κ3) is 11.8. The van der Waals surface area contributed by atoms with Crippen molar-refractivity contribution in [2.24, 2.45) is 23.7 Å². The maximum atomic E-state index is 11.5. The van der Waals surface area contributed by atoms with Crippen molar-refractivity contribution in [2.45, 2.75) is 76.0 Å². The van der Waals surface area contributed by atoms with E-state index in [0.29, 0.717) is 24.1 Å². The SMILES string of the molecule is CCCCCCN1CC2C(C1)C2(COC)c1cccc(N)c1.CCCCCCN1CC2C(C1)C2(COC)c1cccc(NS(C)(=O)=O)c1.CS(=O)(=O)Cl. The van der Waals surface area contributed by atoms with Gasteiger partial charge in [-0.15, -0.1) is 0 Å². The number of nitrogens with zero attached hydrogens (tertiary/aromatic N) is 2. The summed E-state index contributed by atoms with van der Waals surface area (Å²) in [5, 5.41) is 0. The van der Waals surface area contributed by atoms with Gasteiger partial charge in [-0.05, 0) is 85.0 Å². The number of unbranched alkanes of at least 4 members (excludes halogenated alkanes) is 6. The lowest BCUT2D eigenvalue weighted by atomic mass is 9.90. The van der Waals surface area contributed by atoms with Crippen molar-refractivity contribution in [3.8, 4) is 0 Å². The van der Waals surface area contributed by atoms with Gasteiger partial charge < -0.3 is 25.0 Å². The lowest BCUT2D eigenvalue weighted by Crippen LogP contribution is -2.33. The van der Waals surface area contributed by atoms with Crippen LogP contribution in [0.2, 0.25) is 0 Å². The largest absolute Gasteiger partial charge is 0.399 e. The molecule has 2 aromatic rings. The molecule has 0 amide bonds. The van der Waals surface area contributed by atoms with Crippen LogP contribution in [0, 0.1) is 23.7 Å². The number of sulfonamides is 1. The van der Waals surface area contributed by atoms with Crippen molar-refractivity contribution < 1.29 is 26.3 Å². The molecule has 0 spiro atoms. The Morgan fingerprint density at radius 3 is 1.51 bits per heavy atom. The second-order valence-corrected chi connectivity index (χ2v) is 20.6. The molecule has 4 unspecified atom stereocenters. The first-order valence-corrected chi connectivity index (χ1v) is 24.0. The van der Waals surface area contributed by atoms with Crippen LogP contribution in [0.4, 0.5) is 11.4 Å². The molecule has 4 aliphatic rings. The van der Waals surface area contributed by atoms with Crippen LogP contribution in [0.15, 0.2) is 48.5 Å². The lowest BCUT2D eigenvalue weighted by molar-refractivity contribution is 0.142. The zero-order valence-electron chi connectivity index (χ0n) is 32.9. The van der Waals surface area contributed by atoms with E-state index in [9.17, 15) is 16.8 Å². The number of ether oxygens (including phenoxy) is 2. The molecule has 4 fully saturated rings. The first-order chi connectivity index (χ1) is 25.1. The van der Waals surface area contributed by atoms with E-state index in [4.69, 9.17) is 15.2 Å². The van der Waals surface area contributed by atoms with Crippen molar-refractivity contribution >= 4 is 41.1 Å². The smallest absolute Gasteiger partial charge is 0.229 e. The first-order valence-electron chi connectivity index (χ1n) is 19.4. The van der Waals surface area contributed by atoms with E-state index in [2.05, 4.69) is 63.3 Å². The van der Waals surface area contributed by atoms with Crippen molar-refractivity contribution in [3.05, 3.63) is 59.7 Å². The lowest BCUT2D eigenvalue weighted by Gasteiger charge is -2.27. The molecule has 2 heterocycles. The molecule has 300 valence electrons. The summed E-state index contributed by atoms with van der Waals surface area (Å²) in [6.07, 6.45) is 12.7. The number of rotatable bonds is 18. The van der Waals surface area contributed by atoms with Gasteiger partial charge in [-0.1, -0.05) is 76.6 Å². The molecule has 2 aromatic carbocycles. The van der Waals surface area contributed by atoms with E-state index in [1.54, 1.807) is 7.11 Å². The van der Waals surface area contributed by atoms with Crippen LogP contribution in [0.5, 0.6) is 0 Å². The van der Waals surface area contributed by atoms with Crippen LogP contribution < -0.4 is 10.5 Å². The van der Waals surface area contributed by atoms with E-state index >= 15 is 0 Å². The van der Waals surface area contributed by atoms with Gasteiger partial charge in [-0.2, -0.15) is 0 Å². The predicted octanol–water partition coefficient (Wildman–Crippen LogP) is 6.56. The third-order valence-corrected chi connectivity index (χ3v) is 12.4. The molecule has 0 radical (unpaired) electrons. The minimum absolute atomic E-state index is 0.0455. The van der Waals surface area contributed by atoms with Gasteiger partial charge >= 0.3 is 0 Å². The minimum atomic E-state index is -3.26. The number of nitrogen functional groups attached to an aromatic ring is 1. The van der Waals surface area contributed by atoms with E-state index in [0.717, 1.165) is 43.5 Å². The molecule has 2 aliphatic heterocycles. The highest BCUT2D eigenvalue weighted by atomic mass is 35.7. The van der Waals surface area contributed by atoms with Gasteiger partial charge in [0.25, 0.3) is 0 Å². The van der Waals surface area contributed by atoms with E-state index in [1.807, 2.05) is 31.4 Å². The Balaban J connectivity index is 0.000000212. The number of fused-ring (bicyclic) bond motifs is 2. The number of hydrogen-bond acceptors (Lipinski definition) is 9. The Morgan fingerprint density at radius 2 is 1.13 bits per heavy atom. The van der Waals surface area contributed by atoms with Crippen LogP contribution in [-0.2, 0) is 39.4 Å². The normalized spacial score (nSPS) is 27.5. The van der Waals surface area contributed by atoms with Crippen molar-refractivity contribution in [1.82, 2.24) is 9.80 Å². The number of likely N-dealkylation sites (tertiary alicyclic amines) is 2. The van der Waals surface area contributed by atoms with Gasteiger partial charge in [0.2, 0.25) is 19.1 Å². The molecule has 0 aromatic heterocycles. The van der Waals surface area contributed by atoms with Gasteiger partial charge in [-0.25, -0.2) is 16.8 Å². The summed E-state index contributed by atoms with van der Waals surface area (Å²) < 4.78 is 55.7. The fourth-order valence-electron chi connectivity index (χ4n) is 9.36. The zero-order valence-corrected chi connectivity index (χ0v) is 35.2. The number of halogens is 1. The molecular weight excluding hydrogens is 732 g/mol. The summed E-state index contributed by atoms with van der Waals surface area (Å²) in [5.41, 5.74) is 10.4. The van der Waals surface area contributed by atoms with Crippen LogP contribution in [-0.4, -0.2) is 106 Å². The number of hydrogen-bond donors (Lipinski definition) is 2.